The van der Waals surface area contributed by atoms with E-state index in [-0.39, 0.29) is 0 Å². The lowest BCUT2D eigenvalue weighted by Crippen LogP contribution is -2.32. The van der Waals surface area contributed by atoms with Gasteiger partial charge < -0.3 is 15.2 Å². The largest absolute Gasteiger partial charge is 0.494 e. The number of rotatable bonds is 8. The molecular formula is C17H28N2O2. The van der Waals surface area contributed by atoms with Crippen LogP contribution in [-0.4, -0.2) is 43.8 Å². The van der Waals surface area contributed by atoms with Gasteiger partial charge in [0.1, 0.15) is 18.1 Å². The zero-order valence-electron chi connectivity index (χ0n) is 13.3. The van der Waals surface area contributed by atoms with E-state index in [0.29, 0.717) is 12.0 Å². The minimum Gasteiger partial charge on any atom is -0.494 e. The van der Waals surface area contributed by atoms with Gasteiger partial charge in [0.25, 0.3) is 0 Å². The SMILES string of the molecule is CCCOc1ccc(OCCN2CC(CN)CC2C)cc1. The molecule has 2 N–H and O–H groups in total. The Morgan fingerprint density at radius 3 is 2.29 bits per heavy atom. The van der Waals surface area contributed by atoms with E-state index in [9.17, 15) is 0 Å². The monoisotopic (exact) mass is 292 g/mol. The highest BCUT2D eigenvalue weighted by Gasteiger charge is 2.27. The molecular weight excluding hydrogens is 264 g/mol. The summed E-state index contributed by atoms with van der Waals surface area (Å²) in [6.45, 7) is 8.71. The molecule has 0 aromatic heterocycles. The highest BCUT2D eigenvalue weighted by Crippen LogP contribution is 2.22. The maximum Gasteiger partial charge on any atom is 0.119 e. The first-order valence-corrected chi connectivity index (χ1v) is 8.02. The molecule has 1 heterocycles. The van der Waals surface area contributed by atoms with Crippen LogP contribution in [0.15, 0.2) is 24.3 Å². The van der Waals surface area contributed by atoms with Gasteiger partial charge in [-0.1, -0.05) is 6.92 Å². The van der Waals surface area contributed by atoms with Crippen molar-refractivity contribution in [3.05, 3.63) is 24.3 Å². The number of hydrogen-bond acceptors (Lipinski definition) is 4. The van der Waals surface area contributed by atoms with E-state index in [0.717, 1.165) is 50.8 Å². The fourth-order valence-corrected chi connectivity index (χ4v) is 2.83. The molecule has 2 unspecified atom stereocenters. The summed E-state index contributed by atoms with van der Waals surface area (Å²) in [5.41, 5.74) is 5.76. The van der Waals surface area contributed by atoms with E-state index in [1.54, 1.807) is 0 Å². The molecule has 1 aromatic rings. The van der Waals surface area contributed by atoms with Crippen LogP contribution in [0.1, 0.15) is 26.7 Å². The Labute approximate surface area is 128 Å². The summed E-state index contributed by atoms with van der Waals surface area (Å²) in [5.74, 6) is 2.46. The second-order valence-corrected chi connectivity index (χ2v) is 5.85. The smallest absolute Gasteiger partial charge is 0.119 e. The van der Waals surface area contributed by atoms with Gasteiger partial charge in [-0.2, -0.15) is 0 Å². The molecule has 0 saturated carbocycles. The van der Waals surface area contributed by atoms with Gasteiger partial charge in [-0.25, -0.2) is 0 Å². The summed E-state index contributed by atoms with van der Waals surface area (Å²) < 4.78 is 11.4. The summed E-state index contributed by atoms with van der Waals surface area (Å²) in [7, 11) is 0. The van der Waals surface area contributed by atoms with Crippen molar-refractivity contribution >= 4 is 0 Å². The van der Waals surface area contributed by atoms with Crippen molar-refractivity contribution in [1.82, 2.24) is 4.90 Å². The third-order valence-corrected chi connectivity index (χ3v) is 4.07. The van der Waals surface area contributed by atoms with Gasteiger partial charge in [0, 0.05) is 19.1 Å². The molecule has 1 aliphatic rings. The Balaban J connectivity index is 1.71. The van der Waals surface area contributed by atoms with Gasteiger partial charge in [-0.3, -0.25) is 4.90 Å². The van der Waals surface area contributed by atoms with Gasteiger partial charge in [0.2, 0.25) is 0 Å². The quantitative estimate of drug-likeness (QED) is 0.800. The average Bonchev–Trinajstić information content (AvgIpc) is 2.87. The third kappa shape index (κ3) is 4.90. The molecule has 4 nitrogen and oxygen atoms in total. The van der Waals surface area contributed by atoms with Crippen molar-refractivity contribution in [2.24, 2.45) is 11.7 Å². The van der Waals surface area contributed by atoms with Crippen molar-refractivity contribution in [1.29, 1.82) is 0 Å². The number of benzene rings is 1. The maximum atomic E-state index is 5.82. The molecule has 0 spiro atoms. The molecule has 2 atom stereocenters. The zero-order valence-corrected chi connectivity index (χ0v) is 13.3. The lowest BCUT2D eigenvalue weighted by molar-refractivity contribution is 0.202. The maximum absolute atomic E-state index is 5.82. The topological polar surface area (TPSA) is 47.7 Å². The Hall–Kier alpha value is -1.26. The molecule has 0 radical (unpaired) electrons. The van der Waals surface area contributed by atoms with Crippen molar-refractivity contribution in [2.45, 2.75) is 32.7 Å². The standard InChI is InChI=1S/C17H28N2O2/c1-3-9-20-16-4-6-17(7-5-16)21-10-8-19-13-15(12-18)11-14(19)2/h4-7,14-15H,3,8-13,18H2,1-2H3. The Kier molecular flexibility index (Phi) is 6.33. The zero-order chi connectivity index (χ0) is 15.1. The number of hydrogen-bond donors (Lipinski definition) is 1. The van der Waals surface area contributed by atoms with E-state index in [1.165, 1.54) is 6.42 Å². The van der Waals surface area contributed by atoms with E-state index in [4.69, 9.17) is 15.2 Å². The fourth-order valence-electron chi connectivity index (χ4n) is 2.83. The molecule has 1 fully saturated rings. The highest BCUT2D eigenvalue weighted by molar-refractivity contribution is 5.31. The van der Waals surface area contributed by atoms with Gasteiger partial charge in [-0.15, -0.1) is 0 Å². The van der Waals surface area contributed by atoms with Crippen LogP contribution in [0.25, 0.3) is 0 Å². The van der Waals surface area contributed by atoms with Crippen LogP contribution in [0.3, 0.4) is 0 Å². The Morgan fingerprint density at radius 2 is 1.76 bits per heavy atom. The summed E-state index contributed by atoms with van der Waals surface area (Å²) >= 11 is 0. The Morgan fingerprint density at radius 1 is 1.14 bits per heavy atom. The summed E-state index contributed by atoms with van der Waals surface area (Å²) in [4.78, 5) is 2.47. The Bertz CT molecular complexity index is 408. The molecule has 0 bridgehead atoms. The molecule has 2 rings (SSSR count). The van der Waals surface area contributed by atoms with E-state index in [2.05, 4.69) is 18.7 Å². The minimum absolute atomic E-state index is 0.618. The first-order chi connectivity index (χ1) is 10.2. The lowest BCUT2D eigenvalue weighted by atomic mass is 10.1. The van der Waals surface area contributed by atoms with Gasteiger partial charge in [0.15, 0.2) is 0 Å². The van der Waals surface area contributed by atoms with E-state index in [1.807, 2.05) is 24.3 Å². The number of likely N-dealkylation sites (tertiary alicyclic amines) is 1. The number of ether oxygens (including phenoxy) is 2. The predicted octanol–water partition coefficient (Wildman–Crippen LogP) is 2.52. The van der Waals surface area contributed by atoms with Crippen LogP contribution in [-0.2, 0) is 0 Å². The minimum atomic E-state index is 0.618. The van der Waals surface area contributed by atoms with Crippen molar-refractivity contribution < 1.29 is 9.47 Å². The predicted molar refractivity (Wildman–Crippen MR) is 85.9 cm³/mol. The normalized spacial score (nSPS) is 22.4. The first-order valence-electron chi connectivity index (χ1n) is 8.02. The highest BCUT2D eigenvalue weighted by atomic mass is 16.5. The van der Waals surface area contributed by atoms with Crippen molar-refractivity contribution in [3.63, 3.8) is 0 Å². The number of nitrogens with two attached hydrogens (primary N) is 1. The summed E-state index contributed by atoms with van der Waals surface area (Å²) in [6.07, 6.45) is 2.23. The second kappa shape index (κ2) is 8.25. The van der Waals surface area contributed by atoms with Crippen LogP contribution < -0.4 is 15.2 Å². The van der Waals surface area contributed by atoms with Crippen LogP contribution in [0.4, 0.5) is 0 Å². The fraction of sp³-hybridized carbons (Fsp3) is 0.647. The molecule has 4 heteroatoms. The van der Waals surface area contributed by atoms with Gasteiger partial charge in [0.05, 0.1) is 6.61 Å². The lowest BCUT2D eigenvalue weighted by Gasteiger charge is -2.21. The third-order valence-electron chi connectivity index (χ3n) is 4.07. The molecule has 0 aliphatic carbocycles. The summed E-state index contributed by atoms with van der Waals surface area (Å²) in [5, 5.41) is 0. The molecule has 118 valence electrons. The van der Waals surface area contributed by atoms with Gasteiger partial charge in [-0.05, 0) is 56.5 Å². The van der Waals surface area contributed by atoms with Crippen LogP contribution in [0, 0.1) is 5.92 Å². The van der Waals surface area contributed by atoms with Crippen molar-refractivity contribution in [3.8, 4) is 11.5 Å². The number of nitrogens with zero attached hydrogens (tertiary/aromatic N) is 1. The van der Waals surface area contributed by atoms with Crippen LogP contribution in [0.5, 0.6) is 11.5 Å². The van der Waals surface area contributed by atoms with Gasteiger partial charge >= 0.3 is 0 Å². The second-order valence-electron chi connectivity index (χ2n) is 5.85. The molecule has 1 saturated heterocycles. The van der Waals surface area contributed by atoms with Crippen molar-refractivity contribution in [2.75, 3.05) is 32.8 Å². The van der Waals surface area contributed by atoms with E-state index >= 15 is 0 Å². The van der Waals surface area contributed by atoms with E-state index < -0.39 is 0 Å². The molecule has 0 amide bonds. The van der Waals surface area contributed by atoms with Crippen LogP contribution >= 0.6 is 0 Å². The summed E-state index contributed by atoms with van der Waals surface area (Å²) in [6, 6.07) is 8.50. The first kappa shape index (κ1) is 16.1. The average molecular weight is 292 g/mol. The van der Waals surface area contributed by atoms with Crippen LogP contribution in [0.2, 0.25) is 0 Å². The molecule has 1 aromatic carbocycles. The molecule has 1 aliphatic heterocycles. The molecule has 21 heavy (non-hydrogen) atoms.